The van der Waals surface area contributed by atoms with Crippen molar-refractivity contribution in [2.45, 2.75) is 13.5 Å². The summed E-state index contributed by atoms with van der Waals surface area (Å²) in [5.74, 6) is -1.26. The summed E-state index contributed by atoms with van der Waals surface area (Å²) < 4.78 is 0. The van der Waals surface area contributed by atoms with Crippen molar-refractivity contribution in [2.24, 2.45) is 5.92 Å². The number of aromatic nitrogens is 1. The Morgan fingerprint density at radius 2 is 2.12 bits per heavy atom. The van der Waals surface area contributed by atoms with E-state index in [1.54, 1.807) is 19.3 Å². The van der Waals surface area contributed by atoms with Crippen molar-refractivity contribution in [1.82, 2.24) is 9.88 Å². The quantitative estimate of drug-likeness (QED) is 0.727. The van der Waals surface area contributed by atoms with Crippen LogP contribution in [0.2, 0.25) is 0 Å². The topological polar surface area (TPSA) is 73.7 Å². The predicted octanol–water partition coefficient (Wildman–Crippen LogP) is 0.597. The largest absolute Gasteiger partial charge is 0.481 e. The van der Waals surface area contributed by atoms with Crippen molar-refractivity contribution in [3.8, 4) is 0 Å². The molecule has 94 valence electrons. The van der Waals surface area contributed by atoms with E-state index in [2.05, 4.69) is 4.98 Å². The number of carboxylic acids is 1. The van der Waals surface area contributed by atoms with Gasteiger partial charge in [-0.15, -0.1) is 0 Å². The van der Waals surface area contributed by atoms with Crippen LogP contribution in [0.1, 0.15) is 12.5 Å². The molecule has 0 spiro atoms. The second-order valence-corrected chi connectivity index (χ2v) is 4.05. The fourth-order valence-electron chi connectivity index (χ4n) is 1.59. The highest BCUT2D eigenvalue weighted by molar-refractivity contribution is 5.69. The zero-order valence-electron chi connectivity index (χ0n) is 9.91. The molecule has 17 heavy (non-hydrogen) atoms. The lowest BCUT2D eigenvalue weighted by Gasteiger charge is -2.23. The van der Waals surface area contributed by atoms with Gasteiger partial charge in [0.1, 0.15) is 0 Å². The van der Waals surface area contributed by atoms with E-state index in [0.29, 0.717) is 19.6 Å². The second-order valence-electron chi connectivity index (χ2n) is 4.05. The Labute approximate surface area is 101 Å². The molecule has 0 saturated carbocycles. The number of aliphatic carboxylic acids is 1. The number of hydrogen-bond donors (Lipinski definition) is 2. The van der Waals surface area contributed by atoms with Crippen molar-refractivity contribution in [3.63, 3.8) is 0 Å². The number of hydrogen-bond acceptors (Lipinski definition) is 4. The van der Waals surface area contributed by atoms with Crippen molar-refractivity contribution >= 4 is 5.97 Å². The molecule has 1 heterocycles. The monoisotopic (exact) mass is 238 g/mol. The Morgan fingerprint density at radius 3 is 2.65 bits per heavy atom. The molecule has 1 aromatic rings. The molecule has 0 radical (unpaired) electrons. The van der Waals surface area contributed by atoms with E-state index in [-0.39, 0.29) is 6.61 Å². The van der Waals surface area contributed by atoms with E-state index in [1.165, 1.54) is 0 Å². The molecule has 0 aromatic carbocycles. The molecule has 1 rings (SSSR count). The first-order valence-electron chi connectivity index (χ1n) is 5.58. The second kappa shape index (κ2) is 6.98. The lowest BCUT2D eigenvalue weighted by molar-refractivity contribution is -0.141. The summed E-state index contributed by atoms with van der Waals surface area (Å²) in [6.45, 7) is 3.22. The first-order valence-corrected chi connectivity index (χ1v) is 5.58. The van der Waals surface area contributed by atoms with Crippen molar-refractivity contribution in [1.29, 1.82) is 0 Å². The summed E-state index contributed by atoms with van der Waals surface area (Å²) in [7, 11) is 0. The maximum Gasteiger partial charge on any atom is 0.307 e. The van der Waals surface area contributed by atoms with Gasteiger partial charge in [0.05, 0.1) is 12.5 Å². The van der Waals surface area contributed by atoms with Gasteiger partial charge in [-0.2, -0.15) is 0 Å². The van der Waals surface area contributed by atoms with E-state index >= 15 is 0 Å². The van der Waals surface area contributed by atoms with Crippen LogP contribution in [0, 0.1) is 5.92 Å². The lowest BCUT2D eigenvalue weighted by atomic mass is 10.1. The SMILES string of the molecule is CC(CN(CCO)Cc1ccncc1)C(=O)O. The number of aliphatic hydroxyl groups is 1. The summed E-state index contributed by atoms with van der Waals surface area (Å²) >= 11 is 0. The van der Waals surface area contributed by atoms with Crippen LogP contribution >= 0.6 is 0 Å². The summed E-state index contributed by atoms with van der Waals surface area (Å²) in [6.07, 6.45) is 3.40. The van der Waals surface area contributed by atoms with Crippen LogP contribution in [0.25, 0.3) is 0 Å². The zero-order chi connectivity index (χ0) is 12.7. The third-order valence-electron chi connectivity index (χ3n) is 2.53. The van der Waals surface area contributed by atoms with E-state index < -0.39 is 11.9 Å². The van der Waals surface area contributed by atoms with E-state index in [9.17, 15) is 4.79 Å². The first kappa shape index (κ1) is 13.6. The minimum atomic E-state index is -0.817. The molecule has 1 unspecified atom stereocenters. The normalized spacial score (nSPS) is 12.6. The van der Waals surface area contributed by atoms with Gasteiger partial charge in [-0.25, -0.2) is 0 Å². The Balaban J connectivity index is 2.57. The number of carbonyl (C=O) groups is 1. The third kappa shape index (κ3) is 4.93. The van der Waals surface area contributed by atoms with Gasteiger partial charge in [-0.05, 0) is 17.7 Å². The molecule has 5 heteroatoms. The van der Waals surface area contributed by atoms with Crippen LogP contribution in [0.15, 0.2) is 24.5 Å². The number of pyridine rings is 1. The van der Waals surface area contributed by atoms with E-state index in [0.717, 1.165) is 5.56 Å². The molecular formula is C12H18N2O3. The molecule has 0 aliphatic carbocycles. The predicted molar refractivity (Wildman–Crippen MR) is 63.4 cm³/mol. The molecule has 5 nitrogen and oxygen atoms in total. The Morgan fingerprint density at radius 1 is 1.47 bits per heavy atom. The van der Waals surface area contributed by atoms with Crippen molar-refractivity contribution < 1.29 is 15.0 Å². The molecule has 1 aromatic heterocycles. The third-order valence-corrected chi connectivity index (χ3v) is 2.53. The maximum absolute atomic E-state index is 10.8. The maximum atomic E-state index is 10.8. The Bertz CT molecular complexity index is 343. The van der Waals surface area contributed by atoms with Crippen LogP contribution in [0.3, 0.4) is 0 Å². The van der Waals surface area contributed by atoms with Crippen LogP contribution in [0.5, 0.6) is 0 Å². The zero-order valence-corrected chi connectivity index (χ0v) is 9.91. The number of nitrogens with zero attached hydrogens (tertiary/aromatic N) is 2. The van der Waals surface area contributed by atoms with Gasteiger partial charge in [0.2, 0.25) is 0 Å². The number of carboxylic acid groups (broad SMARTS) is 1. The highest BCUT2D eigenvalue weighted by atomic mass is 16.4. The fourth-order valence-corrected chi connectivity index (χ4v) is 1.59. The molecule has 0 amide bonds. The molecular weight excluding hydrogens is 220 g/mol. The summed E-state index contributed by atoms with van der Waals surface area (Å²) in [6, 6.07) is 3.77. The molecule has 0 aliphatic rings. The Hall–Kier alpha value is -1.46. The van der Waals surface area contributed by atoms with Crippen LogP contribution in [-0.2, 0) is 11.3 Å². The smallest absolute Gasteiger partial charge is 0.307 e. The first-order chi connectivity index (χ1) is 8.13. The minimum absolute atomic E-state index is 0.0252. The Kier molecular flexibility index (Phi) is 5.59. The van der Waals surface area contributed by atoms with Gasteiger partial charge in [-0.3, -0.25) is 14.7 Å². The highest BCUT2D eigenvalue weighted by Gasteiger charge is 2.15. The van der Waals surface area contributed by atoms with Gasteiger partial charge < -0.3 is 10.2 Å². The molecule has 0 bridgehead atoms. The highest BCUT2D eigenvalue weighted by Crippen LogP contribution is 2.06. The van der Waals surface area contributed by atoms with E-state index in [4.69, 9.17) is 10.2 Å². The number of aliphatic hydroxyl groups excluding tert-OH is 1. The van der Waals surface area contributed by atoms with Gasteiger partial charge >= 0.3 is 5.97 Å². The van der Waals surface area contributed by atoms with Gasteiger partial charge in [0.25, 0.3) is 0 Å². The summed E-state index contributed by atoms with van der Waals surface area (Å²) in [5, 5.41) is 17.8. The average Bonchev–Trinajstić information content (AvgIpc) is 2.30. The van der Waals surface area contributed by atoms with Crippen molar-refractivity contribution in [2.75, 3.05) is 19.7 Å². The summed E-state index contributed by atoms with van der Waals surface area (Å²) in [5.41, 5.74) is 1.06. The van der Waals surface area contributed by atoms with Crippen LogP contribution < -0.4 is 0 Å². The fraction of sp³-hybridized carbons (Fsp3) is 0.500. The standard InChI is InChI=1S/C12H18N2O3/c1-10(12(16)17)8-14(6-7-15)9-11-2-4-13-5-3-11/h2-5,10,15H,6-9H2,1H3,(H,16,17). The van der Waals surface area contributed by atoms with Crippen LogP contribution in [-0.4, -0.2) is 45.8 Å². The van der Waals surface area contributed by atoms with Crippen LogP contribution in [0.4, 0.5) is 0 Å². The minimum Gasteiger partial charge on any atom is -0.481 e. The van der Waals surface area contributed by atoms with Gasteiger partial charge in [0, 0.05) is 32.0 Å². The molecule has 0 aliphatic heterocycles. The van der Waals surface area contributed by atoms with E-state index in [1.807, 2.05) is 17.0 Å². The average molecular weight is 238 g/mol. The molecule has 2 N–H and O–H groups in total. The lowest BCUT2D eigenvalue weighted by Crippen LogP contribution is -2.33. The molecule has 0 saturated heterocycles. The number of rotatable bonds is 7. The summed E-state index contributed by atoms with van der Waals surface area (Å²) in [4.78, 5) is 16.6. The molecule has 0 fully saturated rings. The van der Waals surface area contributed by atoms with Crippen molar-refractivity contribution in [3.05, 3.63) is 30.1 Å². The van der Waals surface area contributed by atoms with Gasteiger partial charge in [-0.1, -0.05) is 6.92 Å². The van der Waals surface area contributed by atoms with Gasteiger partial charge in [0.15, 0.2) is 0 Å². The molecule has 1 atom stereocenters.